The number of benzene rings is 1. The molecule has 0 bridgehead atoms. The van der Waals surface area contributed by atoms with Gasteiger partial charge in [-0.2, -0.15) is 0 Å². The molecule has 1 aromatic carbocycles. The number of halogens is 2. The van der Waals surface area contributed by atoms with Crippen LogP contribution >= 0.6 is 28.3 Å². The lowest BCUT2D eigenvalue weighted by Gasteiger charge is -2.31. The lowest BCUT2D eigenvalue weighted by atomic mass is 9.91. The Balaban J connectivity index is 0.00000220. The first-order valence-corrected chi connectivity index (χ1v) is 7.73. The highest BCUT2D eigenvalue weighted by atomic mass is 79.9. The van der Waals surface area contributed by atoms with E-state index in [9.17, 15) is 4.79 Å². The summed E-state index contributed by atoms with van der Waals surface area (Å²) in [5, 5.41) is 0. The number of hydrogen-bond donors (Lipinski definition) is 1. The third kappa shape index (κ3) is 4.42. The maximum atomic E-state index is 12.7. The molecule has 1 unspecified atom stereocenters. The van der Waals surface area contributed by atoms with E-state index in [-0.39, 0.29) is 18.3 Å². The predicted molar refractivity (Wildman–Crippen MR) is 91.6 cm³/mol. The van der Waals surface area contributed by atoms with E-state index < -0.39 is 5.54 Å². The van der Waals surface area contributed by atoms with Crippen LogP contribution in [-0.4, -0.2) is 48.9 Å². The van der Waals surface area contributed by atoms with E-state index >= 15 is 0 Å². The Labute approximate surface area is 141 Å². The zero-order valence-corrected chi connectivity index (χ0v) is 14.9. The Morgan fingerprint density at radius 1 is 1.19 bits per heavy atom. The molecular weight excluding hydrogens is 354 g/mol. The van der Waals surface area contributed by atoms with Crippen LogP contribution in [0.15, 0.2) is 28.7 Å². The van der Waals surface area contributed by atoms with Gasteiger partial charge in [-0.15, -0.1) is 12.4 Å². The van der Waals surface area contributed by atoms with Crippen molar-refractivity contribution in [1.29, 1.82) is 0 Å². The first-order chi connectivity index (χ1) is 9.41. The Bertz CT molecular complexity index is 478. The Morgan fingerprint density at radius 3 is 2.43 bits per heavy atom. The van der Waals surface area contributed by atoms with Gasteiger partial charge in [0.25, 0.3) is 0 Å². The summed E-state index contributed by atoms with van der Waals surface area (Å²) in [7, 11) is 2.09. The van der Waals surface area contributed by atoms with Crippen LogP contribution in [0.5, 0.6) is 0 Å². The fourth-order valence-corrected chi connectivity index (χ4v) is 2.76. The Kier molecular flexibility index (Phi) is 6.66. The van der Waals surface area contributed by atoms with Crippen LogP contribution in [0.1, 0.15) is 18.9 Å². The van der Waals surface area contributed by atoms with Gasteiger partial charge in [0, 0.05) is 24.1 Å². The van der Waals surface area contributed by atoms with Crippen molar-refractivity contribution in [2.45, 2.75) is 18.9 Å². The van der Waals surface area contributed by atoms with E-state index in [1.807, 2.05) is 29.2 Å². The largest absolute Gasteiger partial charge is 0.339 e. The second kappa shape index (κ2) is 7.58. The van der Waals surface area contributed by atoms with Gasteiger partial charge < -0.3 is 15.5 Å². The molecule has 1 aliphatic rings. The molecule has 6 heteroatoms. The molecule has 1 saturated heterocycles. The molecule has 118 valence electrons. The van der Waals surface area contributed by atoms with E-state index in [1.54, 1.807) is 6.92 Å². The van der Waals surface area contributed by atoms with Crippen LogP contribution in [0, 0.1) is 0 Å². The van der Waals surface area contributed by atoms with Gasteiger partial charge in [-0.05, 0) is 44.6 Å². The van der Waals surface area contributed by atoms with E-state index in [0.717, 1.165) is 42.6 Å². The number of nitrogens with two attached hydrogens (primary N) is 1. The third-order valence-electron chi connectivity index (χ3n) is 3.89. The zero-order chi connectivity index (χ0) is 14.8. The first kappa shape index (κ1) is 18.4. The first-order valence-electron chi connectivity index (χ1n) is 6.94. The fraction of sp³-hybridized carbons (Fsp3) is 0.533. The number of likely N-dealkylation sites (N-methyl/N-ethyl adjacent to an activating group) is 1. The molecule has 1 amide bonds. The van der Waals surface area contributed by atoms with Crippen LogP contribution < -0.4 is 5.73 Å². The molecule has 0 saturated carbocycles. The van der Waals surface area contributed by atoms with Crippen molar-refractivity contribution in [3.63, 3.8) is 0 Å². The van der Waals surface area contributed by atoms with Crippen molar-refractivity contribution in [1.82, 2.24) is 9.80 Å². The lowest BCUT2D eigenvalue weighted by Crippen LogP contribution is -2.51. The molecule has 1 aliphatic heterocycles. The predicted octanol–water partition coefficient (Wildman–Crippen LogP) is 2.21. The van der Waals surface area contributed by atoms with Crippen LogP contribution in [-0.2, 0) is 10.3 Å². The molecule has 0 aliphatic carbocycles. The summed E-state index contributed by atoms with van der Waals surface area (Å²) in [5.74, 6) is 0.00937. The van der Waals surface area contributed by atoms with Gasteiger partial charge in [-0.3, -0.25) is 4.79 Å². The van der Waals surface area contributed by atoms with Gasteiger partial charge in [0.2, 0.25) is 5.91 Å². The number of carbonyl (C=O) groups is 1. The molecule has 2 rings (SSSR count). The molecule has 21 heavy (non-hydrogen) atoms. The van der Waals surface area contributed by atoms with Crippen molar-refractivity contribution < 1.29 is 4.79 Å². The molecule has 1 fully saturated rings. The van der Waals surface area contributed by atoms with E-state index in [1.165, 1.54) is 0 Å². The number of hydrogen-bond acceptors (Lipinski definition) is 3. The molecule has 1 heterocycles. The average Bonchev–Trinajstić information content (AvgIpc) is 2.63. The lowest BCUT2D eigenvalue weighted by molar-refractivity contribution is -0.136. The van der Waals surface area contributed by atoms with Crippen molar-refractivity contribution in [3.05, 3.63) is 34.3 Å². The second-order valence-corrected chi connectivity index (χ2v) is 6.57. The molecule has 0 aromatic heterocycles. The average molecular weight is 377 g/mol. The minimum Gasteiger partial charge on any atom is -0.339 e. The van der Waals surface area contributed by atoms with Gasteiger partial charge in [-0.1, -0.05) is 28.1 Å². The maximum absolute atomic E-state index is 12.7. The van der Waals surface area contributed by atoms with E-state index in [0.29, 0.717) is 0 Å². The van der Waals surface area contributed by atoms with E-state index in [2.05, 4.69) is 27.9 Å². The van der Waals surface area contributed by atoms with Gasteiger partial charge in [0.1, 0.15) is 5.54 Å². The van der Waals surface area contributed by atoms with Crippen LogP contribution in [0.2, 0.25) is 0 Å². The van der Waals surface area contributed by atoms with Crippen molar-refractivity contribution >= 4 is 34.2 Å². The fourth-order valence-electron chi connectivity index (χ4n) is 2.50. The summed E-state index contributed by atoms with van der Waals surface area (Å²) in [6.07, 6.45) is 0.999. The summed E-state index contributed by atoms with van der Waals surface area (Å²) < 4.78 is 0.987. The Hall–Kier alpha value is -0.620. The minimum atomic E-state index is -0.969. The van der Waals surface area contributed by atoms with Gasteiger partial charge >= 0.3 is 0 Å². The summed E-state index contributed by atoms with van der Waals surface area (Å²) in [6, 6.07) is 7.66. The smallest absolute Gasteiger partial charge is 0.247 e. The number of nitrogens with zero attached hydrogens (tertiary/aromatic N) is 2. The minimum absolute atomic E-state index is 0. The highest BCUT2D eigenvalue weighted by Gasteiger charge is 2.34. The molecule has 4 nitrogen and oxygen atoms in total. The number of carbonyl (C=O) groups excluding carboxylic acids is 1. The SMILES string of the molecule is CN1CCCN(C(=O)C(C)(N)c2ccc(Br)cc2)CC1.Cl. The molecule has 2 N–H and O–H groups in total. The standard InChI is InChI=1S/C15H22BrN3O.ClH/c1-15(17,12-4-6-13(16)7-5-12)14(20)19-9-3-8-18(2)10-11-19;/h4-7H,3,8-11,17H2,1-2H3;1H. The molecule has 0 radical (unpaired) electrons. The highest BCUT2D eigenvalue weighted by molar-refractivity contribution is 9.10. The highest BCUT2D eigenvalue weighted by Crippen LogP contribution is 2.23. The van der Waals surface area contributed by atoms with E-state index in [4.69, 9.17) is 5.73 Å². The topological polar surface area (TPSA) is 49.6 Å². The summed E-state index contributed by atoms with van der Waals surface area (Å²) in [6.45, 7) is 5.27. The summed E-state index contributed by atoms with van der Waals surface area (Å²) >= 11 is 3.40. The summed E-state index contributed by atoms with van der Waals surface area (Å²) in [4.78, 5) is 16.9. The van der Waals surface area contributed by atoms with Crippen LogP contribution in [0.4, 0.5) is 0 Å². The van der Waals surface area contributed by atoms with Gasteiger partial charge in [-0.25, -0.2) is 0 Å². The quantitative estimate of drug-likeness (QED) is 0.861. The Morgan fingerprint density at radius 2 is 1.81 bits per heavy atom. The molecular formula is C15H23BrClN3O. The van der Waals surface area contributed by atoms with Crippen molar-refractivity contribution in [2.24, 2.45) is 5.73 Å². The number of amides is 1. The van der Waals surface area contributed by atoms with Crippen LogP contribution in [0.3, 0.4) is 0 Å². The summed E-state index contributed by atoms with van der Waals surface area (Å²) in [5.41, 5.74) is 6.21. The zero-order valence-electron chi connectivity index (χ0n) is 12.5. The number of rotatable bonds is 2. The molecule has 0 spiro atoms. The second-order valence-electron chi connectivity index (χ2n) is 5.66. The third-order valence-corrected chi connectivity index (χ3v) is 4.42. The van der Waals surface area contributed by atoms with Gasteiger partial charge in [0.05, 0.1) is 0 Å². The van der Waals surface area contributed by atoms with Crippen molar-refractivity contribution in [3.8, 4) is 0 Å². The van der Waals surface area contributed by atoms with Crippen LogP contribution in [0.25, 0.3) is 0 Å². The van der Waals surface area contributed by atoms with Gasteiger partial charge in [0.15, 0.2) is 0 Å². The molecule has 1 aromatic rings. The molecule has 1 atom stereocenters. The maximum Gasteiger partial charge on any atom is 0.247 e. The monoisotopic (exact) mass is 375 g/mol. The van der Waals surface area contributed by atoms with Crippen molar-refractivity contribution in [2.75, 3.05) is 33.2 Å². The normalized spacial score (nSPS) is 19.3.